The standard InChI is InChI=1S/C13H26O3/c1-3-9-12(14)10-7-5-6-8-11-13(15)16-4-2/h12,14H,3-11H2,1-2H3. The van der Waals surface area contributed by atoms with Gasteiger partial charge in [0.25, 0.3) is 0 Å². The quantitative estimate of drug-likeness (QED) is 0.463. The van der Waals surface area contributed by atoms with Gasteiger partial charge in [-0.25, -0.2) is 0 Å². The van der Waals surface area contributed by atoms with Crippen LogP contribution in [0.5, 0.6) is 0 Å². The number of esters is 1. The lowest BCUT2D eigenvalue weighted by atomic mass is 10.1. The molecule has 0 spiro atoms. The van der Waals surface area contributed by atoms with Crippen LogP contribution in [0.25, 0.3) is 0 Å². The summed E-state index contributed by atoms with van der Waals surface area (Å²) in [5, 5.41) is 9.49. The van der Waals surface area contributed by atoms with Crippen LogP contribution in [0, 0.1) is 0 Å². The summed E-state index contributed by atoms with van der Waals surface area (Å²) in [6.07, 6.45) is 7.37. The van der Waals surface area contributed by atoms with Crippen molar-refractivity contribution >= 4 is 5.97 Å². The zero-order valence-electron chi connectivity index (χ0n) is 10.7. The first kappa shape index (κ1) is 15.4. The van der Waals surface area contributed by atoms with Crippen LogP contribution < -0.4 is 0 Å². The van der Waals surface area contributed by atoms with Gasteiger partial charge < -0.3 is 9.84 Å². The van der Waals surface area contributed by atoms with E-state index in [4.69, 9.17) is 4.74 Å². The molecule has 1 N–H and O–H groups in total. The Morgan fingerprint density at radius 1 is 1.12 bits per heavy atom. The molecule has 0 bridgehead atoms. The first-order valence-electron chi connectivity index (χ1n) is 6.54. The van der Waals surface area contributed by atoms with E-state index in [9.17, 15) is 9.90 Å². The van der Waals surface area contributed by atoms with E-state index in [1.165, 1.54) is 0 Å². The van der Waals surface area contributed by atoms with Gasteiger partial charge >= 0.3 is 5.97 Å². The second-order valence-electron chi connectivity index (χ2n) is 4.20. The Bertz CT molecular complexity index is 169. The maximum absolute atomic E-state index is 11.0. The molecule has 0 fully saturated rings. The van der Waals surface area contributed by atoms with Gasteiger partial charge in [0.15, 0.2) is 0 Å². The van der Waals surface area contributed by atoms with Crippen molar-refractivity contribution in [1.82, 2.24) is 0 Å². The topological polar surface area (TPSA) is 46.5 Å². The predicted octanol–water partition coefficient (Wildman–Crippen LogP) is 3.05. The Morgan fingerprint density at radius 2 is 1.81 bits per heavy atom. The maximum atomic E-state index is 11.0. The van der Waals surface area contributed by atoms with Crippen LogP contribution >= 0.6 is 0 Å². The van der Waals surface area contributed by atoms with E-state index in [2.05, 4.69) is 6.92 Å². The van der Waals surface area contributed by atoms with Crippen molar-refractivity contribution in [2.24, 2.45) is 0 Å². The van der Waals surface area contributed by atoms with Crippen LogP contribution in [0.2, 0.25) is 0 Å². The second-order valence-corrected chi connectivity index (χ2v) is 4.20. The minimum atomic E-state index is -0.130. The maximum Gasteiger partial charge on any atom is 0.305 e. The average Bonchev–Trinajstić information content (AvgIpc) is 2.24. The third-order valence-corrected chi connectivity index (χ3v) is 2.60. The van der Waals surface area contributed by atoms with E-state index in [1.54, 1.807) is 0 Å². The Labute approximate surface area is 99.2 Å². The zero-order chi connectivity index (χ0) is 12.2. The summed E-state index contributed by atoms with van der Waals surface area (Å²) in [5.41, 5.74) is 0. The molecular formula is C13H26O3. The van der Waals surface area contributed by atoms with Gasteiger partial charge in [0.2, 0.25) is 0 Å². The Kier molecular flexibility index (Phi) is 10.5. The van der Waals surface area contributed by atoms with Crippen LogP contribution in [-0.2, 0) is 9.53 Å². The molecule has 0 aromatic carbocycles. The molecule has 0 aromatic heterocycles. The van der Waals surface area contributed by atoms with Crippen LogP contribution in [0.15, 0.2) is 0 Å². The first-order valence-corrected chi connectivity index (χ1v) is 6.54. The van der Waals surface area contributed by atoms with E-state index in [0.717, 1.165) is 44.9 Å². The van der Waals surface area contributed by atoms with Gasteiger partial charge in [-0.1, -0.05) is 32.6 Å². The molecule has 3 nitrogen and oxygen atoms in total. The van der Waals surface area contributed by atoms with E-state index in [1.807, 2.05) is 6.92 Å². The number of carbonyl (C=O) groups is 1. The molecule has 0 saturated heterocycles. The molecule has 0 rings (SSSR count). The normalized spacial score (nSPS) is 12.4. The van der Waals surface area contributed by atoms with Crippen LogP contribution in [0.4, 0.5) is 0 Å². The monoisotopic (exact) mass is 230 g/mol. The van der Waals surface area contributed by atoms with Crippen molar-refractivity contribution in [3.05, 3.63) is 0 Å². The molecule has 0 aliphatic heterocycles. The third kappa shape index (κ3) is 9.97. The smallest absolute Gasteiger partial charge is 0.305 e. The lowest BCUT2D eigenvalue weighted by Gasteiger charge is -2.08. The number of aliphatic hydroxyl groups is 1. The Balaban J connectivity index is 3.18. The third-order valence-electron chi connectivity index (χ3n) is 2.60. The highest BCUT2D eigenvalue weighted by molar-refractivity contribution is 5.69. The minimum Gasteiger partial charge on any atom is -0.466 e. The SMILES string of the molecule is CCCC(O)CCCCCCC(=O)OCC. The molecule has 0 aliphatic carbocycles. The van der Waals surface area contributed by atoms with E-state index in [-0.39, 0.29) is 12.1 Å². The molecular weight excluding hydrogens is 204 g/mol. The number of ether oxygens (including phenoxy) is 1. The summed E-state index contributed by atoms with van der Waals surface area (Å²) >= 11 is 0. The van der Waals surface area contributed by atoms with Gasteiger partial charge in [-0.15, -0.1) is 0 Å². The highest BCUT2D eigenvalue weighted by atomic mass is 16.5. The van der Waals surface area contributed by atoms with Crippen molar-refractivity contribution in [2.75, 3.05) is 6.61 Å². The lowest BCUT2D eigenvalue weighted by Crippen LogP contribution is -2.05. The molecule has 16 heavy (non-hydrogen) atoms. The number of unbranched alkanes of at least 4 members (excludes halogenated alkanes) is 3. The lowest BCUT2D eigenvalue weighted by molar-refractivity contribution is -0.143. The van der Waals surface area contributed by atoms with Gasteiger partial charge in [0.05, 0.1) is 12.7 Å². The molecule has 1 atom stereocenters. The molecule has 0 radical (unpaired) electrons. The molecule has 0 amide bonds. The van der Waals surface area contributed by atoms with E-state index >= 15 is 0 Å². The average molecular weight is 230 g/mol. The Hall–Kier alpha value is -0.570. The largest absolute Gasteiger partial charge is 0.466 e. The van der Waals surface area contributed by atoms with Gasteiger partial charge in [-0.05, 0) is 26.2 Å². The minimum absolute atomic E-state index is 0.0893. The van der Waals surface area contributed by atoms with Crippen molar-refractivity contribution < 1.29 is 14.6 Å². The molecule has 0 aromatic rings. The summed E-state index contributed by atoms with van der Waals surface area (Å²) in [5.74, 6) is -0.0893. The number of carbonyl (C=O) groups excluding carboxylic acids is 1. The molecule has 0 heterocycles. The van der Waals surface area contributed by atoms with Crippen molar-refractivity contribution in [3.63, 3.8) is 0 Å². The molecule has 96 valence electrons. The zero-order valence-corrected chi connectivity index (χ0v) is 10.7. The summed E-state index contributed by atoms with van der Waals surface area (Å²) in [4.78, 5) is 11.0. The summed E-state index contributed by atoms with van der Waals surface area (Å²) in [6, 6.07) is 0. The second kappa shape index (κ2) is 10.9. The molecule has 0 aliphatic rings. The van der Waals surface area contributed by atoms with Gasteiger partial charge in [-0.2, -0.15) is 0 Å². The summed E-state index contributed by atoms with van der Waals surface area (Å²) < 4.78 is 4.84. The van der Waals surface area contributed by atoms with Crippen LogP contribution in [0.1, 0.15) is 65.2 Å². The number of aliphatic hydroxyl groups excluding tert-OH is 1. The van der Waals surface area contributed by atoms with Crippen LogP contribution in [0.3, 0.4) is 0 Å². The fraction of sp³-hybridized carbons (Fsp3) is 0.923. The Morgan fingerprint density at radius 3 is 2.44 bits per heavy atom. The first-order chi connectivity index (χ1) is 7.70. The number of hydrogen-bond donors (Lipinski definition) is 1. The van der Waals surface area contributed by atoms with Crippen molar-refractivity contribution in [2.45, 2.75) is 71.3 Å². The van der Waals surface area contributed by atoms with Crippen molar-refractivity contribution in [3.8, 4) is 0 Å². The molecule has 3 heteroatoms. The highest BCUT2D eigenvalue weighted by Crippen LogP contribution is 2.10. The predicted molar refractivity (Wildman–Crippen MR) is 65.2 cm³/mol. The van der Waals surface area contributed by atoms with Gasteiger partial charge in [-0.3, -0.25) is 4.79 Å². The summed E-state index contributed by atoms with van der Waals surface area (Å²) in [6.45, 7) is 4.39. The number of rotatable bonds is 10. The summed E-state index contributed by atoms with van der Waals surface area (Å²) in [7, 11) is 0. The molecule has 0 saturated carbocycles. The van der Waals surface area contributed by atoms with E-state index in [0.29, 0.717) is 13.0 Å². The van der Waals surface area contributed by atoms with Gasteiger partial charge in [0, 0.05) is 6.42 Å². The number of hydrogen-bond acceptors (Lipinski definition) is 3. The molecule has 1 unspecified atom stereocenters. The fourth-order valence-electron chi connectivity index (χ4n) is 1.71. The van der Waals surface area contributed by atoms with Crippen LogP contribution in [-0.4, -0.2) is 23.8 Å². The fourth-order valence-corrected chi connectivity index (χ4v) is 1.71. The van der Waals surface area contributed by atoms with Gasteiger partial charge in [0.1, 0.15) is 0 Å². The van der Waals surface area contributed by atoms with Crippen molar-refractivity contribution in [1.29, 1.82) is 0 Å². The highest BCUT2D eigenvalue weighted by Gasteiger charge is 2.03. The van der Waals surface area contributed by atoms with E-state index < -0.39 is 0 Å².